The van der Waals surface area contributed by atoms with E-state index in [1.54, 1.807) is 11.4 Å². The number of aliphatic hydroxyl groups is 1. The lowest BCUT2D eigenvalue weighted by Crippen LogP contribution is -2.47. The molecule has 7 heteroatoms. The smallest absolute Gasteiger partial charge is 0.301 e. The number of nitrogens with one attached hydrogen (secondary N) is 1. The molecule has 0 saturated carbocycles. The highest BCUT2D eigenvalue weighted by Crippen LogP contribution is 2.22. The van der Waals surface area contributed by atoms with Crippen molar-refractivity contribution in [3.8, 4) is 0 Å². The molecule has 0 bridgehead atoms. The van der Waals surface area contributed by atoms with Gasteiger partial charge >= 0.3 is 10.2 Å². The number of rotatable bonds is 4. The van der Waals surface area contributed by atoms with Crippen LogP contribution in [0.5, 0.6) is 0 Å². The highest BCUT2D eigenvalue weighted by atomic mass is 32.2. The standard InChI is InChI=1S/C10H16N2O3S2/c13-7-10-3-1-2-5-12(10)17(14,15)11-9-4-6-16-8-9/h4,6,8,10-11,13H,1-3,5,7H2. The zero-order valence-electron chi connectivity index (χ0n) is 9.37. The molecule has 2 heterocycles. The highest BCUT2D eigenvalue weighted by Gasteiger charge is 2.31. The van der Waals surface area contributed by atoms with Crippen molar-refractivity contribution in [3.63, 3.8) is 0 Å². The second-order valence-electron chi connectivity index (χ2n) is 4.06. The SMILES string of the molecule is O=S(=O)(Nc1ccsc1)N1CCCCC1CO. The highest BCUT2D eigenvalue weighted by molar-refractivity contribution is 7.90. The van der Waals surface area contributed by atoms with Gasteiger partial charge in [-0.25, -0.2) is 0 Å². The number of nitrogens with zero attached hydrogens (tertiary/aromatic N) is 1. The van der Waals surface area contributed by atoms with E-state index in [1.807, 2.05) is 5.38 Å². The Morgan fingerprint density at radius 3 is 3.00 bits per heavy atom. The average Bonchev–Trinajstić information content (AvgIpc) is 2.81. The van der Waals surface area contributed by atoms with Crippen LogP contribution in [-0.2, 0) is 10.2 Å². The van der Waals surface area contributed by atoms with Crippen LogP contribution < -0.4 is 4.72 Å². The van der Waals surface area contributed by atoms with Crippen LogP contribution in [0, 0.1) is 0 Å². The van der Waals surface area contributed by atoms with Crippen molar-refractivity contribution < 1.29 is 13.5 Å². The van der Waals surface area contributed by atoms with Crippen LogP contribution >= 0.6 is 11.3 Å². The molecule has 1 fully saturated rings. The van der Waals surface area contributed by atoms with E-state index >= 15 is 0 Å². The molecule has 2 N–H and O–H groups in total. The third kappa shape index (κ3) is 2.98. The zero-order valence-corrected chi connectivity index (χ0v) is 11.0. The minimum Gasteiger partial charge on any atom is -0.395 e. The lowest BCUT2D eigenvalue weighted by molar-refractivity contribution is 0.156. The van der Waals surface area contributed by atoms with Gasteiger partial charge in [-0.2, -0.15) is 24.1 Å². The summed E-state index contributed by atoms with van der Waals surface area (Å²) in [6.45, 7) is 0.356. The molecule has 0 radical (unpaired) electrons. The number of piperidine rings is 1. The summed E-state index contributed by atoms with van der Waals surface area (Å²) in [6.07, 6.45) is 2.54. The Bertz CT molecular complexity index is 444. The monoisotopic (exact) mass is 276 g/mol. The summed E-state index contributed by atoms with van der Waals surface area (Å²) in [7, 11) is -3.54. The van der Waals surface area contributed by atoms with Gasteiger partial charge in [0.05, 0.1) is 12.3 Å². The third-order valence-electron chi connectivity index (χ3n) is 2.86. The molecule has 1 aliphatic heterocycles. The fraction of sp³-hybridized carbons (Fsp3) is 0.600. The zero-order chi connectivity index (χ0) is 12.3. The van der Waals surface area contributed by atoms with Crippen molar-refractivity contribution in [1.82, 2.24) is 4.31 Å². The van der Waals surface area contributed by atoms with Gasteiger partial charge in [-0.15, -0.1) is 0 Å². The van der Waals surface area contributed by atoms with Crippen LogP contribution in [0.25, 0.3) is 0 Å². The average molecular weight is 276 g/mol. The predicted octanol–water partition coefficient (Wildman–Crippen LogP) is 1.25. The van der Waals surface area contributed by atoms with E-state index in [9.17, 15) is 13.5 Å². The normalized spacial score (nSPS) is 22.5. The first-order chi connectivity index (χ1) is 8.13. The van der Waals surface area contributed by atoms with Crippen molar-refractivity contribution in [1.29, 1.82) is 0 Å². The number of aliphatic hydroxyl groups excluding tert-OH is 1. The van der Waals surface area contributed by atoms with E-state index in [2.05, 4.69) is 4.72 Å². The number of thiophene rings is 1. The fourth-order valence-electron chi connectivity index (χ4n) is 2.00. The molecule has 2 rings (SSSR count). The van der Waals surface area contributed by atoms with Crippen LogP contribution in [-0.4, -0.2) is 37.0 Å². The molecule has 17 heavy (non-hydrogen) atoms. The first kappa shape index (κ1) is 12.8. The van der Waals surface area contributed by atoms with Crippen molar-refractivity contribution in [2.75, 3.05) is 17.9 Å². The molecule has 1 unspecified atom stereocenters. The van der Waals surface area contributed by atoms with Crippen molar-refractivity contribution in [2.24, 2.45) is 0 Å². The van der Waals surface area contributed by atoms with E-state index in [4.69, 9.17) is 0 Å². The summed E-state index contributed by atoms with van der Waals surface area (Å²) in [4.78, 5) is 0. The first-order valence-electron chi connectivity index (χ1n) is 5.56. The summed E-state index contributed by atoms with van der Waals surface area (Å²) in [6, 6.07) is 1.43. The Morgan fingerprint density at radius 2 is 2.35 bits per heavy atom. The van der Waals surface area contributed by atoms with Gasteiger partial charge in [-0.05, 0) is 24.3 Å². The van der Waals surface area contributed by atoms with Crippen molar-refractivity contribution in [3.05, 3.63) is 16.8 Å². The van der Waals surface area contributed by atoms with Crippen LogP contribution in [0.2, 0.25) is 0 Å². The van der Waals surface area contributed by atoms with Crippen molar-refractivity contribution in [2.45, 2.75) is 25.3 Å². The molecule has 1 aromatic rings. The first-order valence-corrected chi connectivity index (χ1v) is 7.94. The molecular weight excluding hydrogens is 260 g/mol. The quantitative estimate of drug-likeness (QED) is 0.869. The molecule has 96 valence electrons. The topological polar surface area (TPSA) is 69.6 Å². The number of hydrogen-bond donors (Lipinski definition) is 2. The lowest BCUT2D eigenvalue weighted by atomic mass is 10.1. The fourth-order valence-corrected chi connectivity index (χ4v) is 4.14. The number of hydrogen-bond acceptors (Lipinski definition) is 4. The molecule has 0 spiro atoms. The molecule has 1 atom stereocenters. The van der Waals surface area contributed by atoms with Crippen LogP contribution in [0.1, 0.15) is 19.3 Å². The summed E-state index contributed by atoms with van der Waals surface area (Å²) < 4.78 is 28.2. The van der Waals surface area contributed by atoms with Crippen LogP contribution in [0.4, 0.5) is 5.69 Å². The molecule has 1 aliphatic rings. The predicted molar refractivity (Wildman–Crippen MR) is 68.3 cm³/mol. The minimum atomic E-state index is -3.54. The Kier molecular flexibility index (Phi) is 4.03. The lowest BCUT2D eigenvalue weighted by Gasteiger charge is -2.33. The van der Waals surface area contributed by atoms with E-state index in [0.29, 0.717) is 12.2 Å². The van der Waals surface area contributed by atoms with Gasteiger partial charge < -0.3 is 5.11 Å². The maximum atomic E-state index is 12.1. The molecular formula is C10H16N2O3S2. The van der Waals surface area contributed by atoms with E-state index in [1.165, 1.54) is 15.6 Å². The maximum absolute atomic E-state index is 12.1. The van der Waals surface area contributed by atoms with Crippen LogP contribution in [0.3, 0.4) is 0 Å². The van der Waals surface area contributed by atoms with Gasteiger partial charge in [0, 0.05) is 18.0 Å². The van der Waals surface area contributed by atoms with Crippen molar-refractivity contribution >= 4 is 27.2 Å². The second kappa shape index (κ2) is 5.34. The van der Waals surface area contributed by atoms with E-state index in [0.717, 1.165) is 19.3 Å². The summed E-state index contributed by atoms with van der Waals surface area (Å²) in [5.41, 5.74) is 0.581. The summed E-state index contributed by atoms with van der Waals surface area (Å²) in [5.74, 6) is 0. The summed E-state index contributed by atoms with van der Waals surface area (Å²) >= 11 is 1.44. The molecule has 0 aliphatic carbocycles. The third-order valence-corrected chi connectivity index (χ3v) is 5.14. The Morgan fingerprint density at radius 1 is 1.53 bits per heavy atom. The van der Waals surface area contributed by atoms with Gasteiger partial charge in [0.1, 0.15) is 0 Å². The largest absolute Gasteiger partial charge is 0.395 e. The molecule has 1 saturated heterocycles. The minimum absolute atomic E-state index is 0.120. The van der Waals surface area contributed by atoms with E-state index < -0.39 is 10.2 Å². The van der Waals surface area contributed by atoms with Gasteiger partial charge in [-0.1, -0.05) is 6.42 Å². The Hall–Kier alpha value is -0.630. The molecule has 0 amide bonds. The summed E-state index contributed by atoms with van der Waals surface area (Å²) in [5, 5.41) is 12.8. The van der Waals surface area contributed by atoms with Gasteiger partial charge in [0.15, 0.2) is 0 Å². The molecule has 0 aromatic carbocycles. The van der Waals surface area contributed by atoms with E-state index in [-0.39, 0.29) is 12.6 Å². The Labute approximate surface area is 105 Å². The molecule has 1 aromatic heterocycles. The van der Waals surface area contributed by atoms with Crippen LogP contribution in [0.15, 0.2) is 16.8 Å². The molecule has 5 nitrogen and oxygen atoms in total. The van der Waals surface area contributed by atoms with Gasteiger partial charge in [0.2, 0.25) is 0 Å². The second-order valence-corrected chi connectivity index (χ2v) is 6.47. The van der Waals surface area contributed by atoms with Gasteiger partial charge in [0.25, 0.3) is 0 Å². The van der Waals surface area contributed by atoms with Gasteiger partial charge in [-0.3, -0.25) is 4.72 Å². The maximum Gasteiger partial charge on any atom is 0.301 e. The Balaban J connectivity index is 2.13. The number of anilines is 1.